The minimum atomic E-state index is 0.359. The molecule has 1 atom stereocenters. The van der Waals surface area contributed by atoms with Gasteiger partial charge in [0.15, 0.2) is 0 Å². The third kappa shape index (κ3) is 2.47. The Balaban J connectivity index is 2.31. The summed E-state index contributed by atoms with van der Waals surface area (Å²) in [5, 5.41) is 0. The Morgan fingerprint density at radius 1 is 1.58 bits per heavy atom. The van der Waals surface area contributed by atoms with Gasteiger partial charge in [-0.3, -0.25) is 4.79 Å². The van der Waals surface area contributed by atoms with Gasteiger partial charge in [0, 0.05) is 12.3 Å². The van der Waals surface area contributed by atoms with E-state index in [0.29, 0.717) is 24.0 Å². The number of rotatable bonds is 4. The molecule has 0 radical (unpaired) electrons. The monoisotopic (exact) mass is 166 g/mol. The molecule has 1 fully saturated rings. The molecule has 1 nitrogen and oxygen atoms in total. The smallest absolute Gasteiger partial charge is 0.136 e. The van der Waals surface area contributed by atoms with Crippen molar-refractivity contribution >= 4 is 5.78 Å². The highest BCUT2D eigenvalue weighted by molar-refractivity contribution is 5.81. The molecule has 1 aliphatic carbocycles. The van der Waals surface area contributed by atoms with Gasteiger partial charge in [0.2, 0.25) is 0 Å². The predicted octanol–water partition coefficient (Wildman–Crippen LogP) is 2.96. The lowest BCUT2D eigenvalue weighted by molar-refractivity contribution is -0.123. The third-order valence-corrected chi connectivity index (χ3v) is 2.74. The summed E-state index contributed by atoms with van der Waals surface area (Å²) in [5.74, 6) is 1.20. The maximum absolute atomic E-state index is 11.6. The van der Waals surface area contributed by atoms with Crippen LogP contribution >= 0.6 is 0 Å². The predicted molar refractivity (Wildman–Crippen MR) is 50.9 cm³/mol. The second-order valence-electron chi connectivity index (χ2n) is 3.86. The van der Waals surface area contributed by atoms with Crippen LogP contribution < -0.4 is 0 Å². The molecule has 1 heteroatoms. The fourth-order valence-electron chi connectivity index (χ4n) is 1.82. The number of ketones is 1. The van der Waals surface area contributed by atoms with Gasteiger partial charge in [-0.05, 0) is 18.8 Å². The summed E-state index contributed by atoms with van der Waals surface area (Å²) in [6.45, 7) is 5.74. The normalized spacial score (nSPS) is 20.8. The fourth-order valence-corrected chi connectivity index (χ4v) is 1.82. The first-order valence-electron chi connectivity index (χ1n) is 4.89. The molecule has 1 saturated carbocycles. The lowest BCUT2D eigenvalue weighted by Gasteiger charge is -2.09. The van der Waals surface area contributed by atoms with Crippen LogP contribution in [0, 0.1) is 11.8 Å². The van der Waals surface area contributed by atoms with Gasteiger partial charge in [0.1, 0.15) is 5.78 Å². The number of carbonyl (C=O) groups is 1. The molecule has 0 N–H and O–H groups in total. The molecule has 0 aliphatic heterocycles. The van der Waals surface area contributed by atoms with E-state index in [-0.39, 0.29) is 0 Å². The summed E-state index contributed by atoms with van der Waals surface area (Å²) in [6.07, 6.45) is 7.32. The van der Waals surface area contributed by atoms with Crippen LogP contribution in [0.4, 0.5) is 0 Å². The summed E-state index contributed by atoms with van der Waals surface area (Å²) in [6, 6.07) is 0. The fraction of sp³-hybridized carbons (Fsp3) is 0.727. The highest BCUT2D eigenvalue weighted by Gasteiger charge is 2.22. The van der Waals surface area contributed by atoms with E-state index >= 15 is 0 Å². The van der Waals surface area contributed by atoms with Crippen molar-refractivity contribution in [3.05, 3.63) is 12.7 Å². The van der Waals surface area contributed by atoms with Crippen molar-refractivity contribution < 1.29 is 4.79 Å². The molecule has 12 heavy (non-hydrogen) atoms. The van der Waals surface area contributed by atoms with Crippen molar-refractivity contribution in [2.75, 3.05) is 0 Å². The molecule has 1 aliphatic rings. The molecule has 0 spiro atoms. The van der Waals surface area contributed by atoms with E-state index in [1.54, 1.807) is 0 Å². The topological polar surface area (TPSA) is 17.1 Å². The van der Waals surface area contributed by atoms with Crippen LogP contribution in [0.5, 0.6) is 0 Å². The molecule has 0 amide bonds. The number of hydrogen-bond donors (Lipinski definition) is 0. The SMILES string of the molecule is C=CC(C)CC(=O)C1CCCC1. The molecule has 68 valence electrons. The Morgan fingerprint density at radius 2 is 2.17 bits per heavy atom. The van der Waals surface area contributed by atoms with E-state index in [1.165, 1.54) is 12.8 Å². The summed E-state index contributed by atoms with van der Waals surface area (Å²) >= 11 is 0. The average molecular weight is 166 g/mol. The van der Waals surface area contributed by atoms with Gasteiger partial charge in [-0.25, -0.2) is 0 Å². The van der Waals surface area contributed by atoms with E-state index in [2.05, 4.69) is 13.5 Å². The second-order valence-corrected chi connectivity index (χ2v) is 3.86. The Bertz CT molecular complexity index is 166. The van der Waals surface area contributed by atoms with Crippen LogP contribution in [-0.2, 0) is 4.79 Å². The Morgan fingerprint density at radius 3 is 2.67 bits per heavy atom. The van der Waals surface area contributed by atoms with E-state index < -0.39 is 0 Å². The highest BCUT2D eigenvalue weighted by Crippen LogP contribution is 2.27. The molecule has 0 aromatic rings. The van der Waals surface area contributed by atoms with Crippen LogP contribution in [0.3, 0.4) is 0 Å². The lowest BCUT2D eigenvalue weighted by Crippen LogP contribution is -2.13. The van der Waals surface area contributed by atoms with Crippen LogP contribution in [-0.4, -0.2) is 5.78 Å². The quantitative estimate of drug-likeness (QED) is 0.587. The molecular weight excluding hydrogens is 148 g/mol. The Labute approximate surface area is 74.9 Å². The van der Waals surface area contributed by atoms with Crippen molar-refractivity contribution in [2.45, 2.75) is 39.0 Å². The van der Waals surface area contributed by atoms with Crippen molar-refractivity contribution in [1.29, 1.82) is 0 Å². The summed E-state index contributed by atoms with van der Waals surface area (Å²) in [5.41, 5.74) is 0. The standard InChI is InChI=1S/C11H18O/c1-3-9(2)8-11(12)10-6-4-5-7-10/h3,9-10H,1,4-8H2,2H3. The molecule has 0 saturated heterocycles. The third-order valence-electron chi connectivity index (χ3n) is 2.74. The van der Waals surface area contributed by atoms with Gasteiger partial charge in [-0.1, -0.05) is 25.8 Å². The summed E-state index contributed by atoms with van der Waals surface area (Å²) in [7, 11) is 0. The summed E-state index contributed by atoms with van der Waals surface area (Å²) in [4.78, 5) is 11.6. The molecule has 0 aromatic heterocycles. The second kappa shape index (κ2) is 4.44. The van der Waals surface area contributed by atoms with Crippen LogP contribution in [0.25, 0.3) is 0 Å². The number of hydrogen-bond acceptors (Lipinski definition) is 1. The van der Waals surface area contributed by atoms with Crippen molar-refractivity contribution in [3.8, 4) is 0 Å². The van der Waals surface area contributed by atoms with Crippen LogP contribution in [0.15, 0.2) is 12.7 Å². The van der Waals surface area contributed by atoms with Crippen LogP contribution in [0.1, 0.15) is 39.0 Å². The zero-order valence-electron chi connectivity index (χ0n) is 7.88. The van der Waals surface area contributed by atoms with Gasteiger partial charge in [-0.2, -0.15) is 0 Å². The maximum Gasteiger partial charge on any atom is 0.136 e. The zero-order chi connectivity index (χ0) is 8.97. The van der Waals surface area contributed by atoms with E-state index in [4.69, 9.17) is 0 Å². The molecular formula is C11H18O. The largest absolute Gasteiger partial charge is 0.299 e. The minimum Gasteiger partial charge on any atom is -0.299 e. The van der Waals surface area contributed by atoms with Crippen molar-refractivity contribution in [1.82, 2.24) is 0 Å². The molecule has 0 aromatic carbocycles. The molecule has 1 unspecified atom stereocenters. The van der Waals surface area contributed by atoms with E-state index in [0.717, 1.165) is 12.8 Å². The minimum absolute atomic E-state index is 0.359. The average Bonchev–Trinajstić information content (AvgIpc) is 2.56. The number of carbonyl (C=O) groups excluding carboxylic acids is 1. The first-order chi connectivity index (χ1) is 5.74. The highest BCUT2D eigenvalue weighted by atomic mass is 16.1. The van der Waals surface area contributed by atoms with Gasteiger partial charge in [0.05, 0.1) is 0 Å². The van der Waals surface area contributed by atoms with Crippen LogP contribution in [0.2, 0.25) is 0 Å². The number of Topliss-reactive ketones (excluding diaryl/α,β-unsaturated/α-hetero) is 1. The maximum atomic E-state index is 11.6. The van der Waals surface area contributed by atoms with Gasteiger partial charge in [-0.15, -0.1) is 6.58 Å². The van der Waals surface area contributed by atoms with Gasteiger partial charge < -0.3 is 0 Å². The number of allylic oxidation sites excluding steroid dienone is 1. The summed E-state index contributed by atoms with van der Waals surface area (Å²) < 4.78 is 0. The first kappa shape index (κ1) is 9.50. The van der Waals surface area contributed by atoms with Gasteiger partial charge in [0.25, 0.3) is 0 Å². The molecule has 0 heterocycles. The first-order valence-corrected chi connectivity index (χ1v) is 4.89. The molecule has 0 bridgehead atoms. The Kier molecular flexibility index (Phi) is 3.51. The van der Waals surface area contributed by atoms with E-state index in [1.807, 2.05) is 6.08 Å². The lowest BCUT2D eigenvalue weighted by atomic mass is 9.94. The van der Waals surface area contributed by atoms with Gasteiger partial charge >= 0.3 is 0 Å². The molecule has 1 rings (SSSR count). The van der Waals surface area contributed by atoms with Crippen molar-refractivity contribution in [3.63, 3.8) is 0 Å². The van der Waals surface area contributed by atoms with E-state index in [9.17, 15) is 4.79 Å². The Hall–Kier alpha value is -0.590. The zero-order valence-corrected chi connectivity index (χ0v) is 7.88. The van der Waals surface area contributed by atoms with Crippen molar-refractivity contribution in [2.24, 2.45) is 11.8 Å².